The summed E-state index contributed by atoms with van der Waals surface area (Å²) in [6.45, 7) is 18.7. The summed E-state index contributed by atoms with van der Waals surface area (Å²) < 4.78 is 2.67. The van der Waals surface area contributed by atoms with E-state index in [2.05, 4.69) is 63.5 Å². The van der Waals surface area contributed by atoms with Crippen molar-refractivity contribution in [2.75, 3.05) is 32.8 Å². The van der Waals surface area contributed by atoms with Crippen molar-refractivity contribution >= 4 is 143 Å². The summed E-state index contributed by atoms with van der Waals surface area (Å²) in [4.78, 5) is 248. The van der Waals surface area contributed by atoms with Crippen LogP contribution in [0.3, 0.4) is 0 Å². The minimum atomic E-state index is -1.93. The number of urea groups is 1. The zero-order chi connectivity index (χ0) is 95.8. The second-order valence-corrected chi connectivity index (χ2v) is 38.5. The summed E-state index contributed by atoms with van der Waals surface area (Å²) in [5.41, 5.74) is 30.0. The van der Waals surface area contributed by atoms with Gasteiger partial charge >= 0.3 is 6.03 Å². The number of hydrogen-bond acceptors (Lipinski definition) is 23. The predicted octanol–water partition coefficient (Wildman–Crippen LogP) is 3.10. The van der Waals surface area contributed by atoms with Crippen LogP contribution in [-0.4, -0.2) is 213 Å². The molecule has 2 heterocycles. The summed E-state index contributed by atoms with van der Waals surface area (Å²) in [6.07, 6.45) is -3.43. The first kappa shape index (κ1) is 106. The third-order valence-corrected chi connectivity index (χ3v) is 26.7. The molecule has 706 valence electrons. The van der Waals surface area contributed by atoms with Crippen LogP contribution in [0.4, 0.5) is 4.79 Å². The van der Waals surface area contributed by atoms with Gasteiger partial charge in [0, 0.05) is 98.1 Å². The van der Waals surface area contributed by atoms with Gasteiger partial charge in [0.2, 0.25) is 70.9 Å². The number of carbonyl (C=O) groups is 17. The van der Waals surface area contributed by atoms with Gasteiger partial charge in [-0.15, -0.1) is 0 Å². The van der Waals surface area contributed by atoms with Crippen molar-refractivity contribution < 1.29 is 91.4 Å². The van der Waals surface area contributed by atoms with Gasteiger partial charge in [0.05, 0.1) is 42.0 Å². The second kappa shape index (κ2) is 50.6. The first-order valence-electron chi connectivity index (χ1n) is 43.6. The lowest BCUT2D eigenvalue weighted by Crippen LogP contribution is -2.63. The standard InChI is InChI=1S/C91H131N17O19S2/c1-50(2)39-67(52(4)109)102-81(119)61(46-74(94)116)44-71(113)65(25-15-18-36-97-54(6)111)106-87(125)91(12,33-16-17-34-92)48-73(115)68(42-57-27-30-58-22-13-14-23-59(58)41-57)103-80(118)60(40-56-28-31-63(32-29-56)127-38-35-93)45-72(114)78-89(8,9)128-129-90(10,11)79(100-55(7)112)86(124)105-70(47-75(95)117)84(122)107-77(53(5)110)85(123)104-69(43-62-49-99-76-51(3)21-19-24-64(62)76)83(121)101-66(82(120)108-78)26-20-37-98-88(96)126/h13-14,19,21-24,27-32,41,49-50,53,60-61,65-70,77-79,99,110H,15-18,20,25-26,33-40,42-48,92-93H2,1-12H3,(H2,94,116)(H2,95,117)(H,97,111)(H,100,112)(H,101,121)(H,102,119)(H,103,118)(H,104,123)(H,105,124)(H,106,125)(H,107,122)(H,108,120)(H3,96,98,126)/t53-,60-,61+,65+,66+,67-,68+,69+,70+,77+,78-,79-,91-/m1/s1. The quantitative estimate of drug-likeness (QED) is 0.0197. The highest BCUT2D eigenvalue weighted by Gasteiger charge is 2.47. The van der Waals surface area contributed by atoms with Crippen LogP contribution in [-0.2, 0) is 96.0 Å². The number of Topliss-reactive ketones (excluding diaryl/α,β-unsaturated/α-hetero) is 4. The number of nitrogens with two attached hydrogens (primary N) is 5. The van der Waals surface area contributed by atoms with E-state index in [1.165, 1.54) is 34.6 Å². The van der Waals surface area contributed by atoms with Gasteiger partial charge in [-0.05, 0) is 170 Å². The number of para-hydroxylation sites is 1. The number of fused-ring (bicyclic) bond motifs is 2. The van der Waals surface area contributed by atoms with E-state index in [0.717, 1.165) is 51.8 Å². The molecule has 0 aliphatic carbocycles. The molecule has 4 aromatic carbocycles. The molecule has 0 radical (unpaired) electrons. The van der Waals surface area contributed by atoms with Gasteiger partial charge in [0.15, 0.2) is 23.1 Å². The van der Waals surface area contributed by atoms with Crippen molar-refractivity contribution in [3.05, 3.63) is 113 Å². The molecule has 129 heavy (non-hydrogen) atoms. The molecule has 23 N–H and O–H groups in total. The normalized spacial score (nSPS) is 19.4. The Bertz CT molecular complexity index is 4810. The number of H-pyrrole nitrogens is 1. The van der Waals surface area contributed by atoms with Crippen molar-refractivity contribution in [1.29, 1.82) is 0 Å². The molecule has 1 aliphatic heterocycles. The van der Waals surface area contributed by atoms with E-state index in [9.17, 15) is 57.8 Å². The van der Waals surface area contributed by atoms with Gasteiger partial charge in [-0.3, -0.25) is 76.7 Å². The number of ether oxygens (including phenoxy) is 1. The van der Waals surface area contributed by atoms with Crippen LogP contribution >= 0.6 is 21.6 Å². The molecule has 14 amide bonds. The maximum absolute atomic E-state index is 16.4. The molecular formula is C91H131N17O19S2. The Balaban J connectivity index is 1.54. The minimum absolute atomic E-state index is 0.0202. The highest BCUT2D eigenvalue weighted by atomic mass is 33.1. The Morgan fingerprint density at radius 1 is 0.589 bits per heavy atom. The molecule has 0 spiro atoms. The van der Waals surface area contributed by atoms with Crippen molar-refractivity contribution in [1.82, 2.24) is 63.5 Å². The van der Waals surface area contributed by atoms with E-state index in [4.69, 9.17) is 33.4 Å². The SMILES string of the molecule is CC(=O)NCCCC[C@H](NC(=O)[C@](C)(CCCCN)CC(=O)[C@H](Cc1ccc2ccccc2c1)NC(=O)[C@@H](CC(=O)[C@H]1NC(=O)[C@H](CCCNC(N)=O)NC(=O)[C@H](Cc2c[nH]c3c(C)cccc23)NC(=O)[C@H]([C@@H](C)O)NC(=O)[C@H](CC(N)=O)NC(=O)[C@@H](NC(C)=O)C(C)(C)SSC1(C)C)Cc1ccc(OCCN)cc1)C(=O)C[C@@H](CC(N)=O)C(=O)N[C@H](CC(C)C)C(C)=O. The molecule has 1 aromatic heterocycles. The van der Waals surface area contributed by atoms with E-state index in [-0.39, 0.29) is 115 Å². The Labute approximate surface area is 760 Å². The second-order valence-electron chi connectivity index (χ2n) is 35.1. The lowest BCUT2D eigenvalue weighted by atomic mass is 9.77. The predicted molar refractivity (Wildman–Crippen MR) is 491 cm³/mol. The van der Waals surface area contributed by atoms with E-state index >= 15 is 28.8 Å². The number of unbranched alkanes of at least 4 members (excludes halogenated alkanes) is 2. The van der Waals surface area contributed by atoms with Gasteiger partial charge in [-0.2, -0.15) is 0 Å². The zero-order valence-corrected chi connectivity index (χ0v) is 77.4. The van der Waals surface area contributed by atoms with Crippen molar-refractivity contribution in [3.63, 3.8) is 0 Å². The topological polar surface area (TPSA) is 598 Å². The van der Waals surface area contributed by atoms with Crippen molar-refractivity contribution in [2.45, 2.75) is 262 Å². The molecule has 0 saturated carbocycles. The number of aromatic nitrogens is 1. The summed E-state index contributed by atoms with van der Waals surface area (Å²) in [5.74, 6) is -16.1. The Morgan fingerprint density at radius 2 is 1.22 bits per heavy atom. The number of benzene rings is 4. The Morgan fingerprint density at radius 3 is 1.84 bits per heavy atom. The third kappa shape index (κ3) is 33.9. The number of hydrogen-bond donors (Lipinski definition) is 18. The molecule has 1 saturated heterocycles. The van der Waals surface area contributed by atoms with Crippen LogP contribution in [0.2, 0.25) is 0 Å². The zero-order valence-electron chi connectivity index (χ0n) is 75.7. The third-order valence-electron chi connectivity index (χ3n) is 22.5. The van der Waals surface area contributed by atoms with Gasteiger partial charge in [-0.1, -0.05) is 122 Å². The van der Waals surface area contributed by atoms with Crippen LogP contribution < -0.4 is 91.9 Å². The smallest absolute Gasteiger partial charge is 0.312 e. The Kier molecular flexibility index (Phi) is 41.7. The first-order valence-corrected chi connectivity index (χ1v) is 45.7. The lowest BCUT2D eigenvalue weighted by Gasteiger charge is -2.39. The number of aromatic amines is 1. The summed E-state index contributed by atoms with van der Waals surface area (Å²) in [5, 5.41) is 43.0. The Hall–Kier alpha value is -11.3. The lowest BCUT2D eigenvalue weighted by molar-refractivity contribution is -0.140. The molecule has 6 rings (SSSR count). The summed E-state index contributed by atoms with van der Waals surface area (Å²) >= 11 is 0. The van der Waals surface area contributed by atoms with Gasteiger partial charge < -0.3 is 102 Å². The largest absolute Gasteiger partial charge is 0.492 e. The first-order chi connectivity index (χ1) is 60.7. The molecule has 36 nitrogen and oxygen atoms in total. The van der Waals surface area contributed by atoms with Crippen molar-refractivity contribution in [2.24, 2.45) is 51.8 Å². The minimum Gasteiger partial charge on any atom is -0.492 e. The van der Waals surface area contributed by atoms with Crippen LogP contribution in [0.5, 0.6) is 5.75 Å². The molecule has 13 atom stereocenters. The maximum Gasteiger partial charge on any atom is 0.312 e. The number of amides is 14. The van der Waals surface area contributed by atoms with Gasteiger partial charge in [0.1, 0.15) is 48.6 Å². The van der Waals surface area contributed by atoms with Crippen molar-refractivity contribution in [3.8, 4) is 5.75 Å². The number of aliphatic hydroxyl groups is 1. The molecule has 1 fully saturated rings. The number of aliphatic hydroxyl groups excluding tert-OH is 1. The molecule has 0 bridgehead atoms. The fraction of sp³-hybridized carbons (Fsp3) is 0.549. The van der Waals surface area contributed by atoms with Crippen LogP contribution in [0.25, 0.3) is 21.7 Å². The number of carbonyl (C=O) groups excluding carboxylic acids is 17. The maximum atomic E-state index is 16.4. The fourth-order valence-corrected chi connectivity index (χ4v) is 18.1. The summed E-state index contributed by atoms with van der Waals surface area (Å²) in [7, 11) is 1.87. The molecule has 0 unspecified atom stereocenters. The van der Waals surface area contributed by atoms with E-state index in [1.54, 1.807) is 62.5 Å². The van der Waals surface area contributed by atoms with Gasteiger partial charge in [0.25, 0.3) is 0 Å². The molecule has 5 aromatic rings. The van der Waals surface area contributed by atoms with Gasteiger partial charge in [-0.25, -0.2) is 4.79 Å². The average Bonchev–Trinajstić information content (AvgIpc) is 1.80. The number of nitrogens with one attached hydrogen (secondary N) is 12. The molecule has 1 aliphatic rings. The van der Waals surface area contributed by atoms with E-state index in [0.29, 0.717) is 46.2 Å². The highest BCUT2D eigenvalue weighted by Crippen LogP contribution is 2.47. The molecular weight excluding hydrogens is 1700 g/mol. The van der Waals surface area contributed by atoms with Crippen LogP contribution in [0.1, 0.15) is 188 Å². The monoisotopic (exact) mass is 1830 g/mol. The average molecular weight is 1830 g/mol. The molecule has 38 heteroatoms. The van der Waals surface area contributed by atoms with E-state index in [1.807, 2.05) is 63.2 Å². The number of rotatable bonds is 46. The van der Waals surface area contributed by atoms with Crippen LogP contribution in [0, 0.1) is 30.1 Å². The number of aryl methyl sites for hydroxylation is 1. The van der Waals surface area contributed by atoms with Crippen LogP contribution in [0.15, 0.2) is 91.1 Å². The highest BCUT2D eigenvalue weighted by molar-refractivity contribution is 8.77. The summed E-state index contributed by atoms with van der Waals surface area (Å²) in [6, 6.07) is 9.39. The van der Waals surface area contributed by atoms with E-state index < -0.39 is 208 Å². The number of primary amides is 3. The fourth-order valence-electron chi connectivity index (χ4n) is 15.3. The number of ketones is 4.